The summed E-state index contributed by atoms with van der Waals surface area (Å²) >= 11 is 0. The van der Waals surface area contributed by atoms with Crippen LogP contribution in [0.1, 0.15) is 75.6 Å². The van der Waals surface area contributed by atoms with Crippen molar-refractivity contribution in [2.45, 2.75) is 64.3 Å². The summed E-state index contributed by atoms with van der Waals surface area (Å²) in [6.07, 6.45) is -12.3. The first-order chi connectivity index (χ1) is 23.2. The third kappa shape index (κ3) is 4.99. The topological polar surface area (TPSA) is 91.0 Å². The minimum atomic E-state index is -3.47. The van der Waals surface area contributed by atoms with Crippen LogP contribution < -0.4 is 10.6 Å². The molecule has 3 amide bonds. The summed E-state index contributed by atoms with van der Waals surface area (Å²) in [6.45, 7) is -14.6. The molecular weight excluding hydrogens is 463 g/mol. The molecule has 0 bridgehead atoms. The van der Waals surface area contributed by atoms with E-state index in [0.717, 1.165) is 38.1 Å². The summed E-state index contributed by atoms with van der Waals surface area (Å²) < 4.78 is 156. The van der Waals surface area contributed by atoms with Gasteiger partial charge in [-0.25, -0.2) is 4.39 Å². The molecule has 0 saturated carbocycles. The number of imide groups is 1. The fourth-order valence-electron chi connectivity index (χ4n) is 3.66. The molecule has 3 aliphatic rings. The van der Waals surface area contributed by atoms with Gasteiger partial charge in [0.25, 0.3) is 5.91 Å². The predicted molar refractivity (Wildman–Crippen MR) is 131 cm³/mol. The van der Waals surface area contributed by atoms with Crippen LogP contribution in [0, 0.1) is 5.82 Å². The molecule has 0 aromatic heterocycles. The first-order valence-electron chi connectivity index (χ1n) is 18.6. The Balaban J connectivity index is 1.58. The minimum Gasteiger partial charge on any atom is -0.381 e. The van der Waals surface area contributed by atoms with Crippen molar-refractivity contribution >= 4 is 23.4 Å². The van der Waals surface area contributed by atoms with Crippen LogP contribution in [-0.4, -0.2) is 58.7 Å². The number of amides is 3. The van der Waals surface area contributed by atoms with Gasteiger partial charge in [0.2, 0.25) is 11.8 Å². The van der Waals surface area contributed by atoms with E-state index in [1.165, 1.54) is 0 Å². The molecule has 0 radical (unpaired) electrons. The zero-order valence-corrected chi connectivity index (χ0v) is 18.9. The van der Waals surface area contributed by atoms with Crippen LogP contribution >= 0.6 is 0 Å². The van der Waals surface area contributed by atoms with Gasteiger partial charge in [0, 0.05) is 74.9 Å². The maximum atomic E-state index is 15.4. The van der Waals surface area contributed by atoms with Crippen LogP contribution in [0.15, 0.2) is 36.4 Å². The minimum absolute atomic E-state index is 0.0641. The number of morpholine rings is 1. The van der Waals surface area contributed by atoms with Crippen molar-refractivity contribution in [3.63, 3.8) is 0 Å². The van der Waals surface area contributed by atoms with Crippen LogP contribution in [-0.2, 0) is 33.8 Å². The fraction of sp³-hybridized carbons (Fsp3) is 0.444. The summed E-state index contributed by atoms with van der Waals surface area (Å²) in [5, 5.41) is 3.83. The summed E-state index contributed by atoms with van der Waals surface area (Å²) in [5.41, 5.74) is -3.50. The number of fused-ring (bicyclic) bond motifs is 1. The molecule has 3 heterocycles. The average Bonchev–Trinajstić information content (AvgIpc) is 3.15. The van der Waals surface area contributed by atoms with Crippen molar-refractivity contribution in [3.05, 3.63) is 64.5 Å². The number of ether oxygens (including phenoxy) is 1. The number of anilines is 1. The lowest BCUT2D eigenvalue weighted by Gasteiger charge is -2.35. The number of nitrogens with one attached hydrogen (secondary N) is 2. The molecule has 9 heteroatoms. The molecule has 2 aromatic carbocycles. The Hall–Kier alpha value is -3.30. The van der Waals surface area contributed by atoms with Crippen LogP contribution in [0.3, 0.4) is 0 Å². The van der Waals surface area contributed by atoms with Crippen molar-refractivity contribution in [1.82, 2.24) is 15.1 Å². The van der Waals surface area contributed by atoms with Crippen LogP contribution in [0.25, 0.3) is 0 Å². The average molecular weight is 511 g/mol. The zero-order valence-electron chi connectivity index (χ0n) is 34.9. The monoisotopic (exact) mass is 510 g/mol. The summed E-state index contributed by atoms with van der Waals surface area (Å²) in [6, 6.07) is 2.62. The normalized spacial score (nSPS) is 43.0. The second-order valence-electron chi connectivity index (χ2n) is 7.84. The summed E-state index contributed by atoms with van der Waals surface area (Å²) in [4.78, 5) is 38.6. The Bertz CT molecular complexity index is 1860. The molecule has 5 rings (SSSR count). The van der Waals surface area contributed by atoms with Crippen molar-refractivity contribution in [2.24, 2.45) is 0 Å². The van der Waals surface area contributed by atoms with E-state index in [4.69, 9.17) is 26.7 Å². The second-order valence-corrected chi connectivity index (χ2v) is 7.84. The first-order valence-corrected chi connectivity index (χ1v) is 10.6. The van der Waals surface area contributed by atoms with Crippen LogP contribution in [0.5, 0.6) is 0 Å². The molecule has 8 nitrogen and oxygen atoms in total. The van der Waals surface area contributed by atoms with Gasteiger partial charge in [-0.1, -0.05) is 12.1 Å². The molecule has 2 saturated heterocycles. The Morgan fingerprint density at radius 3 is 2.78 bits per heavy atom. The number of hydrogen-bond donors (Lipinski definition) is 2. The van der Waals surface area contributed by atoms with Crippen molar-refractivity contribution in [2.75, 3.05) is 18.3 Å². The molecule has 2 fully saturated rings. The lowest BCUT2D eigenvalue weighted by Crippen LogP contribution is -2.52. The number of nitrogens with zero attached hydrogens (tertiary/aromatic N) is 2. The molecule has 3 unspecified atom stereocenters. The van der Waals surface area contributed by atoms with Gasteiger partial charge in [-0.05, 0) is 50.0 Å². The van der Waals surface area contributed by atoms with E-state index in [9.17, 15) is 14.4 Å². The van der Waals surface area contributed by atoms with Gasteiger partial charge < -0.3 is 15.0 Å². The molecule has 2 N–H and O–H groups in total. The number of benzene rings is 2. The SMILES string of the molecule is [2H]C([2H])(Nc1cccc2c1C([2H])([2H])N(C1C(=O)NC(=O)C([2H])([2H])C1([2H])[2H])C2=O)c1cc(C([2H])([2H])N2C([2H])([2H])C([2H])(C)OC([2H])(C)C2([2H])[2H])ccc1F. The van der Waals surface area contributed by atoms with Gasteiger partial charge in [0.1, 0.15) is 11.9 Å². The highest BCUT2D eigenvalue weighted by Crippen LogP contribution is 2.32. The number of hydrogen-bond acceptors (Lipinski definition) is 6. The van der Waals surface area contributed by atoms with E-state index in [1.54, 1.807) is 5.32 Å². The molecule has 36 heavy (non-hydrogen) atoms. The quantitative estimate of drug-likeness (QED) is 0.581. The first kappa shape index (κ1) is 11.8. The maximum Gasteiger partial charge on any atom is 0.255 e. The molecule has 0 spiro atoms. The van der Waals surface area contributed by atoms with Crippen molar-refractivity contribution in [1.29, 1.82) is 0 Å². The van der Waals surface area contributed by atoms with E-state index >= 15 is 4.39 Å². The summed E-state index contributed by atoms with van der Waals surface area (Å²) in [7, 11) is 0. The molecule has 190 valence electrons. The third-order valence-electron chi connectivity index (χ3n) is 5.20. The van der Waals surface area contributed by atoms with Gasteiger partial charge in [0.15, 0.2) is 0 Å². The highest BCUT2D eigenvalue weighted by atomic mass is 19.1. The van der Waals surface area contributed by atoms with E-state index in [0.29, 0.717) is 12.1 Å². The predicted octanol–water partition coefficient (Wildman–Crippen LogP) is 2.81. The van der Waals surface area contributed by atoms with Crippen molar-refractivity contribution < 1.29 is 45.4 Å². The lowest BCUT2D eigenvalue weighted by molar-refractivity contribution is -0.136. The van der Waals surface area contributed by atoms with E-state index in [1.807, 2.05) is 0 Å². The van der Waals surface area contributed by atoms with Gasteiger partial charge in [0.05, 0.1) is 20.4 Å². The number of piperidine rings is 1. The van der Waals surface area contributed by atoms with E-state index in [2.05, 4.69) is 5.32 Å². The fourth-order valence-corrected chi connectivity index (χ4v) is 3.66. The smallest absolute Gasteiger partial charge is 0.255 e. The highest BCUT2D eigenvalue weighted by Gasteiger charge is 2.39. The second kappa shape index (κ2) is 9.99. The number of carbonyl (C=O) groups is 3. The standard InChI is InChI=1S/C27H31FN4O4/c1-16-12-31(13-17(2)36-16)14-18-6-7-22(28)19(10-18)11-29-23-5-3-4-20-21(23)15-32(27(20)35)24-8-9-25(33)30-26(24)34/h3-7,10,16-17,24,29H,8-9,11-15H2,1-2H3,(H,30,33,34)/i8D2,9D2,11D2,12D2,13D2,14D2,15D2,16D,17D. The number of carbonyl (C=O) groups excluding carboxylic acids is 3. The van der Waals surface area contributed by atoms with Crippen molar-refractivity contribution in [3.8, 4) is 0 Å². The molecule has 3 aliphatic heterocycles. The van der Waals surface area contributed by atoms with Gasteiger partial charge in [-0.2, -0.15) is 0 Å². The summed E-state index contributed by atoms with van der Waals surface area (Å²) in [5.74, 6) is -5.85. The Kier molecular flexibility index (Phi) is 3.28. The van der Waals surface area contributed by atoms with Gasteiger partial charge >= 0.3 is 0 Å². The Morgan fingerprint density at radius 1 is 1.22 bits per heavy atom. The third-order valence-corrected chi connectivity index (χ3v) is 5.20. The van der Waals surface area contributed by atoms with Gasteiger partial charge in [-0.3, -0.25) is 24.6 Å². The van der Waals surface area contributed by atoms with Crippen LogP contribution in [0.4, 0.5) is 10.1 Å². The Morgan fingerprint density at radius 2 is 2.00 bits per heavy atom. The number of rotatable bonds is 6. The number of halogens is 1. The highest BCUT2D eigenvalue weighted by molar-refractivity contribution is 6.06. The molecule has 2 aromatic rings. The lowest BCUT2D eigenvalue weighted by atomic mass is 10.0. The molecular formula is C27H31FN4O4. The molecule has 0 aliphatic carbocycles. The zero-order chi connectivity index (χ0) is 39.8. The van der Waals surface area contributed by atoms with Crippen LogP contribution in [0.2, 0.25) is 0 Å². The van der Waals surface area contributed by atoms with E-state index < -0.39 is 115 Å². The van der Waals surface area contributed by atoms with Gasteiger partial charge in [-0.15, -0.1) is 0 Å². The largest absolute Gasteiger partial charge is 0.381 e. The maximum absolute atomic E-state index is 15.4. The molecule has 3 atom stereocenters. The Labute approximate surface area is 232 Å². The van der Waals surface area contributed by atoms with E-state index in [-0.39, 0.29) is 9.80 Å².